The summed E-state index contributed by atoms with van der Waals surface area (Å²) in [5.41, 5.74) is 3.77. The maximum Gasteiger partial charge on any atom is 0.255 e. The number of aromatic nitrogens is 3. The largest absolute Gasteiger partial charge is 0.322 e. The lowest BCUT2D eigenvalue weighted by atomic mass is 10.1. The van der Waals surface area contributed by atoms with E-state index in [1.54, 1.807) is 11.8 Å². The molecule has 1 atom stereocenters. The van der Waals surface area contributed by atoms with Crippen molar-refractivity contribution in [1.29, 1.82) is 0 Å². The van der Waals surface area contributed by atoms with Gasteiger partial charge >= 0.3 is 0 Å². The van der Waals surface area contributed by atoms with E-state index in [1.165, 1.54) is 5.56 Å². The van der Waals surface area contributed by atoms with Gasteiger partial charge in [-0.3, -0.25) is 9.69 Å². The molecule has 1 aromatic heterocycles. The van der Waals surface area contributed by atoms with Crippen LogP contribution in [0.1, 0.15) is 46.7 Å². The first-order valence-electron chi connectivity index (χ1n) is 11.8. The van der Waals surface area contributed by atoms with Crippen molar-refractivity contribution in [3.8, 4) is 0 Å². The molecule has 0 saturated carbocycles. The van der Waals surface area contributed by atoms with Crippen LogP contribution in [-0.4, -0.2) is 39.7 Å². The molecule has 0 aliphatic carbocycles. The molecule has 6 nitrogen and oxygen atoms in total. The van der Waals surface area contributed by atoms with E-state index in [0.717, 1.165) is 41.0 Å². The van der Waals surface area contributed by atoms with Crippen LogP contribution in [0.5, 0.6) is 0 Å². The number of anilines is 1. The Hall–Kier alpha value is -3.42. The van der Waals surface area contributed by atoms with E-state index in [0.29, 0.717) is 5.56 Å². The zero-order chi connectivity index (χ0) is 24.6. The van der Waals surface area contributed by atoms with Crippen LogP contribution in [0.25, 0.3) is 0 Å². The van der Waals surface area contributed by atoms with E-state index >= 15 is 0 Å². The van der Waals surface area contributed by atoms with Crippen molar-refractivity contribution in [2.24, 2.45) is 0 Å². The molecule has 4 aromatic rings. The highest BCUT2D eigenvalue weighted by Gasteiger charge is 2.22. The Kier molecular flexibility index (Phi) is 8.34. The summed E-state index contributed by atoms with van der Waals surface area (Å²) in [5.74, 6) is 1.61. The number of benzene rings is 3. The summed E-state index contributed by atoms with van der Waals surface area (Å²) in [4.78, 5) is 14.7. The van der Waals surface area contributed by atoms with Crippen molar-refractivity contribution in [3.63, 3.8) is 0 Å². The predicted octanol–water partition coefficient (Wildman–Crippen LogP) is 5.88. The quantitative estimate of drug-likeness (QED) is 0.284. The number of para-hydroxylation sites is 1. The fourth-order valence-corrected chi connectivity index (χ4v) is 4.87. The zero-order valence-electron chi connectivity index (χ0n) is 20.4. The Balaban J connectivity index is 1.48. The fourth-order valence-electron chi connectivity index (χ4n) is 3.97. The highest BCUT2D eigenvalue weighted by Crippen LogP contribution is 2.28. The van der Waals surface area contributed by atoms with E-state index in [2.05, 4.69) is 70.3 Å². The van der Waals surface area contributed by atoms with Gasteiger partial charge in [0.05, 0.1) is 12.6 Å². The summed E-state index contributed by atoms with van der Waals surface area (Å²) in [6.07, 6.45) is 0.955. The Bertz CT molecular complexity index is 1220. The van der Waals surface area contributed by atoms with E-state index < -0.39 is 0 Å². The Morgan fingerprint density at radius 1 is 0.914 bits per heavy atom. The molecule has 7 heteroatoms. The van der Waals surface area contributed by atoms with E-state index in [-0.39, 0.29) is 11.9 Å². The predicted molar refractivity (Wildman–Crippen MR) is 143 cm³/mol. The molecule has 0 aliphatic rings. The van der Waals surface area contributed by atoms with Gasteiger partial charge in [0.1, 0.15) is 0 Å². The molecule has 35 heavy (non-hydrogen) atoms. The van der Waals surface area contributed by atoms with Gasteiger partial charge < -0.3 is 9.88 Å². The number of carbonyl (C=O) groups is 1. The number of rotatable bonds is 10. The number of carbonyl (C=O) groups excluding carboxylic acids is 1. The maximum atomic E-state index is 12.5. The molecule has 0 saturated heterocycles. The number of hydrogen-bond donors (Lipinski definition) is 1. The molecule has 0 fully saturated rings. The van der Waals surface area contributed by atoms with Crippen LogP contribution in [0.15, 0.2) is 90.1 Å². The smallest absolute Gasteiger partial charge is 0.255 e. The monoisotopic (exact) mass is 485 g/mol. The molecule has 1 N–H and O–H groups in total. The number of nitrogens with zero attached hydrogens (tertiary/aromatic N) is 4. The second kappa shape index (κ2) is 11.8. The Morgan fingerprint density at radius 3 is 2.20 bits per heavy atom. The molecule has 0 bridgehead atoms. The zero-order valence-corrected chi connectivity index (χ0v) is 21.2. The summed E-state index contributed by atoms with van der Waals surface area (Å²) in [5, 5.41) is 13.0. The standard InChI is InChI=1S/C28H31N5OS/c1-4-25(32(2)3)26-30-31-28(33(26)19-21-11-7-5-8-12-21)35-20-22-15-17-23(18-16-22)27(34)29-24-13-9-6-10-14-24/h5-18,25H,4,19-20H2,1-3H3,(H,29,34). The molecule has 1 unspecified atom stereocenters. The van der Waals surface area contributed by atoms with Crippen LogP contribution in [0.2, 0.25) is 0 Å². The van der Waals surface area contributed by atoms with Gasteiger partial charge in [0.25, 0.3) is 5.91 Å². The summed E-state index contributed by atoms with van der Waals surface area (Å²) in [7, 11) is 4.16. The average molecular weight is 486 g/mol. The lowest BCUT2D eigenvalue weighted by molar-refractivity contribution is 0.102. The number of hydrogen-bond acceptors (Lipinski definition) is 5. The third kappa shape index (κ3) is 6.38. The lowest BCUT2D eigenvalue weighted by Crippen LogP contribution is -2.23. The van der Waals surface area contributed by atoms with Gasteiger partial charge in [-0.25, -0.2) is 0 Å². The highest BCUT2D eigenvalue weighted by atomic mass is 32.2. The van der Waals surface area contributed by atoms with Crippen LogP contribution < -0.4 is 5.32 Å². The number of amides is 1. The van der Waals surface area contributed by atoms with Gasteiger partial charge in [-0.1, -0.05) is 79.3 Å². The van der Waals surface area contributed by atoms with E-state index in [1.807, 2.05) is 60.7 Å². The second-order valence-electron chi connectivity index (χ2n) is 8.61. The normalized spacial score (nSPS) is 12.0. The van der Waals surface area contributed by atoms with Crippen LogP contribution in [0.3, 0.4) is 0 Å². The number of nitrogens with one attached hydrogen (secondary N) is 1. The van der Waals surface area contributed by atoms with E-state index in [4.69, 9.17) is 0 Å². The fraction of sp³-hybridized carbons (Fsp3) is 0.250. The third-order valence-corrected chi connectivity index (χ3v) is 6.89. The van der Waals surface area contributed by atoms with Crippen molar-refractivity contribution < 1.29 is 4.79 Å². The van der Waals surface area contributed by atoms with Gasteiger partial charge in [-0.2, -0.15) is 0 Å². The molecule has 3 aromatic carbocycles. The van der Waals surface area contributed by atoms with Crippen molar-refractivity contribution in [2.45, 2.75) is 36.8 Å². The van der Waals surface area contributed by atoms with Gasteiger partial charge in [-0.05, 0) is 55.9 Å². The second-order valence-corrected chi connectivity index (χ2v) is 9.55. The first-order valence-corrected chi connectivity index (χ1v) is 12.7. The molecule has 0 radical (unpaired) electrons. The Morgan fingerprint density at radius 2 is 1.57 bits per heavy atom. The van der Waals surface area contributed by atoms with Crippen LogP contribution in [0, 0.1) is 0 Å². The molecule has 1 amide bonds. The van der Waals surface area contributed by atoms with Crippen molar-refractivity contribution in [2.75, 3.05) is 19.4 Å². The molecule has 0 spiro atoms. The summed E-state index contributed by atoms with van der Waals surface area (Å²) < 4.78 is 2.23. The highest BCUT2D eigenvalue weighted by molar-refractivity contribution is 7.98. The number of thioether (sulfide) groups is 1. The SMILES string of the molecule is CCC(c1nnc(SCc2ccc(C(=O)Nc3ccccc3)cc2)n1Cc1ccccc1)N(C)C. The minimum absolute atomic E-state index is 0.114. The van der Waals surface area contributed by atoms with Gasteiger partial charge in [0.2, 0.25) is 0 Å². The first kappa shape index (κ1) is 24.7. The van der Waals surface area contributed by atoms with Crippen LogP contribution in [0.4, 0.5) is 5.69 Å². The van der Waals surface area contributed by atoms with Gasteiger partial charge in [-0.15, -0.1) is 10.2 Å². The summed E-state index contributed by atoms with van der Waals surface area (Å²) >= 11 is 1.67. The van der Waals surface area contributed by atoms with Crippen LogP contribution >= 0.6 is 11.8 Å². The van der Waals surface area contributed by atoms with Crippen LogP contribution in [-0.2, 0) is 12.3 Å². The van der Waals surface area contributed by atoms with Gasteiger partial charge in [0, 0.05) is 17.0 Å². The molecule has 1 heterocycles. The first-order chi connectivity index (χ1) is 17.0. The van der Waals surface area contributed by atoms with Gasteiger partial charge in [0.15, 0.2) is 11.0 Å². The molecule has 4 rings (SSSR count). The third-order valence-electron chi connectivity index (χ3n) is 5.85. The minimum atomic E-state index is -0.114. The summed E-state index contributed by atoms with van der Waals surface area (Å²) in [6.45, 7) is 2.91. The minimum Gasteiger partial charge on any atom is -0.322 e. The molecule has 0 aliphatic heterocycles. The Labute approximate surface area is 211 Å². The average Bonchev–Trinajstić information content (AvgIpc) is 3.26. The van der Waals surface area contributed by atoms with Crippen molar-refractivity contribution >= 4 is 23.4 Å². The topological polar surface area (TPSA) is 63.1 Å². The molecular formula is C28H31N5OS. The molecule has 180 valence electrons. The van der Waals surface area contributed by atoms with E-state index in [9.17, 15) is 4.79 Å². The lowest BCUT2D eigenvalue weighted by Gasteiger charge is -2.23. The van der Waals surface area contributed by atoms with Crippen molar-refractivity contribution in [1.82, 2.24) is 19.7 Å². The van der Waals surface area contributed by atoms with Crippen molar-refractivity contribution in [3.05, 3.63) is 107 Å². The maximum absolute atomic E-state index is 12.5. The molecular weight excluding hydrogens is 454 g/mol. The summed E-state index contributed by atoms with van der Waals surface area (Å²) in [6, 6.07) is 27.8.